The minimum absolute atomic E-state index is 0.0101. The van der Waals surface area contributed by atoms with Crippen LogP contribution in [0, 0.1) is 45.6 Å². The van der Waals surface area contributed by atoms with Crippen LogP contribution >= 0.6 is 0 Å². The van der Waals surface area contributed by atoms with Crippen molar-refractivity contribution in [2.24, 2.45) is 35.5 Å². The minimum atomic E-state index is -1.61. The monoisotopic (exact) mass is 289 g/mol. The van der Waals surface area contributed by atoms with Crippen molar-refractivity contribution in [1.82, 2.24) is 0 Å². The average molecular weight is 289 g/mol. The third-order valence-corrected chi connectivity index (χ3v) is 13.2. The number of nitrogens with zero attached hydrogens (tertiary/aromatic N) is 1. The fourth-order valence-corrected chi connectivity index (χ4v) is 14.8. The van der Waals surface area contributed by atoms with Crippen LogP contribution in [-0.2, 0) is 4.74 Å². The molecule has 1 aliphatic heterocycles. The van der Waals surface area contributed by atoms with Crippen molar-refractivity contribution in [1.29, 1.82) is 0 Å². The van der Waals surface area contributed by atoms with Crippen LogP contribution in [0.4, 0.5) is 0 Å². The van der Waals surface area contributed by atoms with Crippen LogP contribution < -0.4 is 0 Å². The van der Waals surface area contributed by atoms with Gasteiger partial charge in [0, 0.05) is 27.7 Å². The largest absolute Gasteiger partial charge is 0.361 e. The topological polar surface area (TPSA) is 55.7 Å². The van der Waals surface area contributed by atoms with Gasteiger partial charge in [0.25, 0.3) is 0 Å². The lowest BCUT2D eigenvalue weighted by Crippen LogP contribution is -2.74. The molecular formula is C15H19NO3Si. The number of ether oxygens (including phenoxy) is 1. The second-order valence-corrected chi connectivity index (χ2v) is 15.1. The Morgan fingerprint density at radius 2 is 1.75 bits per heavy atom. The normalized spacial score (nSPS) is 78.3. The number of hydrogen-bond donors (Lipinski definition) is 0. The molecule has 1 saturated heterocycles. The van der Waals surface area contributed by atoms with E-state index in [0.717, 1.165) is 6.42 Å². The van der Waals surface area contributed by atoms with Crippen LogP contribution in [0.2, 0.25) is 24.7 Å². The summed E-state index contributed by atoms with van der Waals surface area (Å²) in [5, 5.41) is 12.4. The lowest BCUT2D eigenvalue weighted by atomic mass is 9.53. The van der Waals surface area contributed by atoms with Crippen LogP contribution in [-0.4, -0.2) is 29.7 Å². The Balaban J connectivity index is 1.68. The molecule has 2 spiro atoms. The summed E-state index contributed by atoms with van der Waals surface area (Å²) >= 11 is 0. The summed E-state index contributed by atoms with van der Waals surface area (Å²) in [5.41, 5.74) is -0.390. The maximum atomic E-state index is 12.3. The quantitative estimate of drug-likeness (QED) is 0.339. The fraction of sp³-hybridized carbons (Fsp3) is 1.00. The van der Waals surface area contributed by atoms with E-state index in [1.807, 2.05) is 0 Å². The molecule has 0 radical (unpaired) electrons. The first-order chi connectivity index (χ1) is 9.34. The van der Waals surface area contributed by atoms with E-state index in [2.05, 4.69) is 19.6 Å². The van der Waals surface area contributed by atoms with Gasteiger partial charge in [-0.3, -0.25) is 10.1 Å². The third kappa shape index (κ3) is 0.442. The molecule has 7 aliphatic carbocycles. The number of nitro groups is 1. The zero-order chi connectivity index (χ0) is 13.7. The maximum absolute atomic E-state index is 12.3. The van der Waals surface area contributed by atoms with E-state index in [-0.39, 0.29) is 27.1 Å². The van der Waals surface area contributed by atoms with Gasteiger partial charge in [0.05, 0.1) is 14.0 Å². The van der Waals surface area contributed by atoms with Gasteiger partial charge >= 0.3 is 0 Å². The van der Waals surface area contributed by atoms with Crippen LogP contribution in [0.3, 0.4) is 0 Å². The second kappa shape index (κ2) is 2.00. The lowest BCUT2D eigenvalue weighted by Gasteiger charge is -2.63. The van der Waals surface area contributed by atoms with E-state index in [4.69, 9.17) is 4.74 Å². The van der Waals surface area contributed by atoms with Crippen molar-refractivity contribution < 1.29 is 9.66 Å². The molecule has 7 saturated carbocycles. The van der Waals surface area contributed by atoms with E-state index in [9.17, 15) is 10.1 Å². The molecule has 4 nitrogen and oxygen atoms in total. The summed E-state index contributed by atoms with van der Waals surface area (Å²) < 4.78 is 6.49. The Labute approximate surface area is 118 Å². The fourth-order valence-electron chi connectivity index (χ4n) is 10.4. The van der Waals surface area contributed by atoms with Gasteiger partial charge in [-0.25, -0.2) is 0 Å². The van der Waals surface area contributed by atoms with Crippen LogP contribution in [0.5, 0.6) is 0 Å². The highest BCUT2D eigenvalue weighted by molar-refractivity contribution is 6.80. The second-order valence-electron chi connectivity index (χ2n) is 9.73. The third-order valence-electron chi connectivity index (χ3n) is 9.60. The number of epoxide rings is 1. The SMILES string of the molecule is C[Si](C)(C)C12C3C4CC5C3C1([N+](=O)[O-])C1CC2C42OC512. The predicted octanol–water partition coefficient (Wildman–Crippen LogP) is 2.15. The minimum Gasteiger partial charge on any atom is -0.361 e. The van der Waals surface area contributed by atoms with Gasteiger partial charge in [-0.05, 0) is 24.7 Å². The molecule has 8 rings (SSSR count). The van der Waals surface area contributed by atoms with Crippen LogP contribution in [0.1, 0.15) is 12.8 Å². The molecule has 0 aromatic carbocycles. The highest BCUT2D eigenvalue weighted by atomic mass is 28.3. The summed E-state index contributed by atoms with van der Waals surface area (Å²) in [6.07, 6.45) is 2.40. The molecule has 10 unspecified atom stereocenters. The Hall–Kier alpha value is -0.423. The van der Waals surface area contributed by atoms with Crippen LogP contribution in [0.15, 0.2) is 0 Å². The van der Waals surface area contributed by atoms with E-state index in [1.54, 1.807) is 0 Å². The molecule has 20 heavy (non-hydrogen) atoms. The highest BCUT2D eigenvalue weighted by Crippen LogP contribution is 3.08. The van der Waals surface area contributed by atoms with Gasteiger partial charge in [0.15, 0.2) is 0 Å². The van der Waals surface area contributed by atoms with Gasteiger partial charge in [0.2, 0.25) is 5.54 Å². The summed E-state index contributed by atoms with van der Waals surface area (Å²) in [4.78, 5) is 12.5. The molecule has 0 aromatic heterocycles. The Bertz CT molecular complexity index is 675. The first-order valence-electron chi connectivity index (χ1n) is 8.19. The molecule has 0 aromatic rings. The van der Waals surface area contributed by atoms with E-state index in [0.29, 0.717) is 29.6 Å². The molecule has 10 atom stereocenters. The van der Waals surface area contributed by atoms with Gasteiger partial charge < -0.3 is 4.74 Å². The van der Waals surface area contributed by atoms with Gasteiger partial charge in [-0.1, -0.05) is 19.6 Å². The van der Waals surface area contributed by atoms with Crippen LogP contribution in [0.25, 0.3) is 0 Å². The molecule has 1 heterocycles. The highest BCUT2D eigenvalue weighted by Gasteiger charge is 3.17. The van der Waals surface area contributed by atoms with E-state index >= 15 is 0 Å². The Kier molecular flexibility index (Phi) is 1.03. The predicted molar refractivity (Wildman–Crippen MR) is 72.5 cm³/mol. The first kappa shape index (κ1) is 10.3. The van der Waals surface area contributed by atoms with Crippen molar-refractivity contribution >= 4 is 8.07 Å². The van der Waals surface area contributed by atoms with E-state index < -0.39 is 13.6 Å². The molecule has 8 aliphatic rings. The molecule has 0 amide bonds. The molecular weight excluding hydrogens is 270 g/mol. The number of rotatable bonds is 2. The molecule has 5 heteroatoms. The smallest absolute Gasteiger partial charge is 0.235 e. The summed E-state index contributed by atoms with van der Waals surface area (Å²) in [6.45, 7) is 7.21. The Morgan fingerprint density at radius 1 is 1.10 bits per heavy atom. The molecule has 4 bridgehead atoms. The van der Waals surface area contributed by atoms with Crippen molar-refractivity contribution in [3.8, 4) is 0 Å². The van der Waals surface area contributed by atoms with Crippen molar-refractivity contribution in [3.63, 3.8) is 0 Å². The average Bonchev–Trinajstić information content (AvgIpc) is 2.52. The number of hydrogen-bond acceptors (Lipinski definition) is 3. The zero-order valence-corrected chi connectivity index (χ0v) is 13.1. The summed E-state index contributed by atoms with van der Waals surface area (Å²) in [5.74, 6) is 3.15. The van der Waals surface area contributed by atoms with Crippen molar-refractivity contribution in [2.45, 2.75) is 54.3 Å². The van der Waals surface area contributed by atoms with E-state index in [1.165, 1.54) is 6.42 Å². The standard InChI is InChI=1S/C15H19NO3Si/c1-20(2,3)15-9-5-8-12(15,16(17)18)10-6-4-7(11(10)15)14(9)13(6,8)19-14/h6-11H,4-5H2,1-3H3. The summed E-state index contributed by atoms with van der Waals surface area (Å²) in [7, 11) is -1.61. The first-order valence-corrected chi connectivity index (χ1v) is 11.7. The molecule has 8 fully saturated rings. The van der Waals surface area contributed by atoms with Crippen molar-refractivity contribution in [3.05, 3.63) is 10.1 Å². The summed E-state index contributed by atoms with van der Waals surface area (Å²) in [6, 6.07) is 0. The molecule has 0 N–H and O–H groups in total. The lowest BCUT2D eigenvalue weighted by molar-refractivity contribution is -0.615. The van der Waals surface area contributed by atoms with Gasteiger partial charge in [-0.2, -0.15) is 0 Å². The van der Waals surface area contributed by atoms with Gasteiger partial charge in [0.1, 0.15) is 11.2 Å². The molecule has 106 valence electrons. The zero-order valence-electron chi connectivity index (χ0n) is 12.1. The van der Waals surface area contributed by atoms with Gasteiger partial charge in [-0.15, -0.1) is 0 Å². The Morgan fingerprint density at radius 3 is 2.40 bits per heavy atom. The maximum Gasteiger partial charge on any atom is 0.235 e. The van der Waals surface area contributed by atoms with Crippen molar-refractivity contribution in [2.75, 3.05) is 0 Å².